The second-order valence-electron chi connectivity index (χ2n) is 4.63. The van der Waals surface area contributed by atoms with Crippen LogP contribution in [0, 0.1) is 12.7 Å². The Morgan fingerprint density at radius 3 is 2.63 bits per heavy atom. The Morgan fingerprint density at radius 2 is 1.95 bits per heavy atom. The molecule has 0 aromatic heterocycles. The van der Waals surface area contributed by atoms with Gasteiger partial charge >= 0.3 is 0 Å². The van der Waals surface area contributed by atoms with Gasteiger partial charge in [-0.3, -0.25) is 0 Å². The summed E-state index contributed by atoms with van der Waals surface area (Å²) >= 11 is 3.47. The molecule has 0 unspecified atom stereocenters. The first kappa shape index (κ1) is 13.9. The van der Waals surface area contributed by atoms with E-state index in [4.69, 9.17) is 5.73 Å². The molecule has 0 aliphatic carbocycles. The maximum atomic E-state index is 13.1. The number of anilines is 2. The summed E-state index contributed by atoms with van der Waals surface area (Å²) in [4.78, 5) is 2.02. The number of hydrogen-bond acceptors (Lipinski definition) is 2. The van der Waals surface area contributed by atoms with Crippen molar-refractivity contribution in [3.63, 3.8) is 0 Å². The van der Waals surface area contributed by atoms with Gasteiger partial charge in [0.2, 0.25) is 0 Å². The lowest BCUT2D eigenvalue weighted by Crippen LogP contribution is -2.18. The molecule has 19 heavy (non-hydrogen) atoms. The van der Waals surface area contributed by atoms with Crippen LogP contribution in [-0.2, 0) is 6.54 Å². The average Bonchev–Trinajstić information content (AvgIpc) is 2.33. The minimum absolute atomic E-state index is 0.312. The number of aryl methyl sites for hydroxylation is 1. The van der Waals surface area contributed by atoms with Gasteiger partial charge < -0.3 is 10.6 Å². The molecule has 0 heterocycles. The first-order valence-electron chi connectivity index (χ1n) is 5.98. The molecule has 4 heteroatoms. The minimum atomic E-state index is -0.312. The van der Waals surface area contributed by atoms with Gasteiger partial charge in [0.1, 0.15) is 5.82 Å². The second-order valence-corrected chi connectivity index (χ2v) is 5.55. The summed E-state index contributed by atoms with van der Waals surface area (Å²) in [6, 6.07) is 10.7. The summed E-state index contributed by atoms with van der Waals surface area (Å²) in [6.07, 6.45) is 0. The third-order valence-corrected chi connectivity index (χ3v) is 3.61. The summed E-state index contributed by atoms with van der Waals surface area (Å²) in [6.45, 7) is 2.80. The van der Waals surface area contributed by atoms with Gasteiger partial charge in [-0.2, -0.15) is 0 Å². The lowest BCUT2D eigenvalue weighted by atomic mass is 10.1. The van der Waals surface area contributed by atoms with E-state index in [0.717, 1.165) is 16.7 Å². The largest absolute Gasteiger partial charge is 0.397 e. The summed E-state index contributed by atoms with van der Waals surface area (Å²) in [7, 11) is 1.95. The SMILES string of the molecule is Cc1ccc(Br)cc1CN(C)c1ccc(F)cc1N. The van der Waals surface area contributed by atoms with Crippen LogP contribution in [0.25, 0.3) is 0 Å². The molecule has 0 spiro atoms. The zero-order valence-electron chi connectivity index (χ0n) is 11.0. The second kappa shape index (κ2) is 5.61. The summed E-state index contributed by atoms with van der Waals surface area (Å²) in [5.74, 6) is -0.312. The molecule has 0 fully saturated rings. The molecule has 2 aromatic carbocycles. The minimum Gasteiger partial charge on any atom is -0.397 e. The zero-order valence-corrected chi connectivity index (χ0v) is 12.5. The Bertz CT molecular complexity index is 599. The molecule has 100 valence electrons. The van der Waals surface area contributed by atoms with Crippen molar-refractivity contribution in [1.82, 2.24) is 0 Å². The van der Waals surface area contributed by atoms with Gasteiger partial charge in [-0.05, 0) is 48.4 Å². The fourth-order valence-electron chi connectivity index (χ4n) is 2.02. The van der Waals surface area contributed by atoms with Crippen LogP contribution in [0.15, 0.2) is 40.9 Å². The molecule has 0 saturated heterocycles. The van der Waals surface area contributed by atoms with E-state index < -0.39 is 0 Å². The average molecular weight is 323 g/mol. The van der Waals surface area contributed by atoms with Crippen LogP contribution in [0.4, 0.5) is 15.8 Å². The number of benzene rings is 2. The Labute approximate surface area is 121 Å². The van der Waals surface area contributed by atoms with Crippen molar-refractivity contribution >= 4 is 27.3 Å². The molecule has 0 saturated carbocycles. The third-order valence-electron chi connectivity index (χ3n) is 3.12. The predicted molar refractivity (Wildman–Crippen MR) is 81.8 cm³/mol. The number of nitrogens with two attached hydrogens (primary N) is 1. The lowest BCUT2D eigenvalue weighted by Gasteiger charge is -2.22. The monoisotopic (exact) mass is 322 g/mol. The van der Waals surface area contributed by atoms with Crippen molar-refractivity contribution in [1.29, 1.82) is 0 Å². The predicted octanol–water partition coefficient (Wildman–Crippen LogP) is 4.12. The zero-order chi connectivity index (χ0) is 14.0. The Kier molecular flexibility index (Phi) is 4.10. The van der Waals surface area contributed by atoms with Crippen molar-refractivity contribution < 1.29 is 4.39 Å². The van der Waals surface area contributed by atoms with Gasteiger partial charge in [-0.25, -0.2) is 4.39 Å². The maximum absolute atomic E-state index is 13.1. The smallest absolute Gasteiger partial charge is 0.125 e. The lowest BCUT2D eigenvalue weighted by molar-refractivity contribution is 0.628. The maximum Gasteiger partial charge on any atom is 0.125 e. The highest BCUT2D eigenvalue weighted by Gasteiger charge is 2.08. The van der Waals surface area contributed by atoms with Crippen molar-refractivity contribution in [2.45, 2.75) is 13.5 Å². The van der Waals surface area contributed by atoms with Gasteiger partial charge in [0.15, 0.2) is 0 Å². The van der Waals surface area contributed by atoms with Crippen molar-refractivity contribution in [2.24, 2.45) is 0 Å². The van der Waals surface area contributed by atoms with E-state index in [1.54, 1.807) is 6.07 Å². The van der Waals surface area contributed by atoms with Crippen molar-refractivity contribution in [2.75, 3.05) is 17.7 Å². The van der Waals surface area contributed by atoms with Crippen LogP contribution in [0.5, 0.6) is 0 Å². The van der Waals surface area contributed by atoms with Gasteiger partial charge in [-0.15, -0.1) is 0 Å². The fraction of sp³-hybridized carbons (Fsp3) is 0.200. The van der Waals surface area contributed by atoms with Gasteiger partial charge in [0.05, 0.1) is 11.4 Å². The van der Waals surface area contributed by atoms with Crippen molar-refractivity contribution in [3.8, 4) is 0 Å². The quantitative estimate of drug-likeness (QED) is 0.861. The number of hydrogen-bond donors (Lipinski definition) is 1. The molecule has 0 amide bonds. The molecule has 0 radical (unpaired) electrons. The summed E-state index contributed by atoms with van der Waals surface area (Å²) in [5.41, 5.74) is 9.57. The topological polar surface area (TPSA) is 29.3 Å². The standard InChI is InChI=1S/C15H16BrFN2/c1-10-3-4-12(16)7-11(10)9-19(2)15-6-5-13(17)8-14(15)18/h3-8H,9,18H2,1-2H3. The van der Waals surface area contributed by atoms with E-state index >= 15 is 0 Å². The molecule has 0 atom stereocenters. The fourth-order valence-corrected chi connectivity index (χ4v) is 2.43. The van der Waals surface area contributed by atoms with E-state index in [1.165, 1.54) is 23.3 Å². The molecule has 2 aromatic rings. The molecular formula is C15H16BrFN2. The normalized spacial score (nSPS) is 10.5. The van der Waals surface area contributed by atoms with Gasteiger partial charge in [0.25, 0.3) is 0 Å². The van der Waals surface area contributed by atoms with E-state index in [1.807, 2.05) is 18.0 Å². The van der Waals surface area contributed by atoms with Crippen LogP contribution in [-0.4, -0.2) is 7.05 Å². The molecular weight excluding hydrogens is 307 g/mol. The highest BCUT2D eigenvalue weighted by Crippen LogP contribution is 2.25. The summed E-state index contributed by atoms with van der Waals surface area (Å²) < 4.78 is 14.1. The number of halogens is 2. The van der Waals surface area contributed by atoms with E-state index in [2.05, 4.69) is 35.0 Å². The number of nitrogen functional groups attached to an aromatic ring is 1. The number of nitrogens with zero attached hydrogens (tertiary/aromatic N) is 1. The van der Waals surface area contributed by atoms with Crippen LogP contribution >= 0.6 is 15.9 Å². The van der Waals surface area contributed by atoms with Crippen LogP contribution in [0.3, 0.4) is 0 Å². The van der Waals surface area contributed by atoms with E-state index in [9.17, 15) is 4.39 Å². The first-order valence-corrected chi connectivity index (χ1v) is 6.78. The molecule has 2 rings (SSSR count). The van der Waals surface area contributed by atoms with E-state index in [-0.39, 0.29) is 5.82 Å². The van der Waals surface area contributed by atoms with Gasteiger partial charge in [0, 0.05) is 18.1 Å². The first-order chi connectivity index (χ1) is 8.97. The highest BCUT2D eigenvalue weighted by molar-refractivity contribution is 9.10. The Balaban J connectivity index is 2.25. The Hall–Kier alpha value is -1.55. The molecule has 2 nitrogen and oxygen atoms in total. The van der Waals surface area contributed by atoms with Crippen molar-refractivity contribution in [3.05, 3.63) is 57.8 Å². The summed E-state index contributed by atoms with van der Waals surface area (Å²) in [5, 5.41) is 0. The Morgan fingerprint density at radius 1 is 1.21 bits per heavy atom. The molecule has 0 bridgehead atoms. The van der Waals surface area contributed by atoms with Crippen LogP contribution in [0.1, 0.15) is 11.1 Å². The molecule has 0 aliphatic rings. The highest BCUT2D eigenvalue weighted by atomic mass is 79.9. The molecule has 0 aliphatic heterocycles. The van der Waals surface area contributed by atoms with Crippen LogP contribution in [0.2, 0.25) is 0 Å². The number of rotatable bonds is 3. The van der Waals surface area contributed by atoms with E-state index in [0.29, 0.717) is 5.69 Å². The van der Waals surface area contributed by atoms with Gasteiger partial charge in [-0.1, -0.05) is 22.0 Å². The van der Waals surface area contributed by atoms with Crippen LogP contribution < -0.4 is 10.6 Å². The third kappa shape index (κ3) is 3.26. The molecule has 2 N–H and O–H groups in total.